The van der Waals surface area contributed by atoms with E-state index in [2.05, 4.69) is 10.6 Å². The Hall–Kier alpha value is -1.10. The van der Waals surface area contributed by atoms with Crippen LogP contribution in [0.2, 0.25) is 0 Å². The number of nitrogens with one attached hydrogen (secondary N) is 2. The normalized spacial score (nSPS) is 15.1. The smallest absolute Gasteiger partial charge is 0.242 e. The van der Waals surface area contributed by atoms with Crippen LogP contribution in [0.25, 0.3) is 0 Å². The first kappa shape index (κ1) is 14.9. The lowest BCUT2D eigenvalue weighted by Crippen LogP contribution is -2.54. The van der Waals surface area contributed by atoms with Crippen LogP contribution in [0, 0.1) is 5.41 Å². The van der Waals surface area contributed by atoms with Gasteiger partial charge in [-0.05, 0) is 19.3 Å². The number of amides is 2. The summed E-state index contributed by atoms with van der Waals surface area (Å²) in [5.74, 6) is -0.497. The van der Waals surface area contributed by atoms with Crippen LogP contribution in [-0.4, -0.2) is 30.4 Å². The lowest BCUT2D eigenvalue weighted by molar-refractivity contribution is -0.130. The lowest BCUT2D eigenvalue weighted by Gasteiger charge is -2.27. The van der Waals surface area contributed by atoms with E-state index in [1.54, 1.807) is 6.92 Å². The van der Waals surface area contributed by atoms with Gasteiger partial charge in [0.2, 0.25) is 11.8 Å². The summed E-state index contributed by atoms with van der Waals surface area (Å²) in [6, 6.07) is -1.18. The average molecular weight is 229 g/mol. The van der Waals surface area contributed by atoms with E-state index in [1.165, 1.54) is 0 Å². The first-order chi connectivity index (χ1) is 7.20. The highest BCUT2D eigenvalue weighted by Gasteiger charge is 2.29. The van der Waals surface area contributed by atoms with Crippen molar-refractivity contribution in [1.29, 1.82) is 0 Å². The van der Waals surface area contributed by atoms with Crippen molar-refractivity contribution in [2.75, 3.05) is 6.54 Å². The number of nitrogens with two attached hydrogens (primary N) is 1. The van der Waals surface area contributed by atoms with E-state index in [0.717, 1.165) is 0 Å². The van der Waals surface area contributed by atoms with Crippen molar-refractivity contribution in [2.24, 2.45) is 11.1 Å². The van der Waals surface area contributed by atoms with E-state index >= 15 is 0 Å². The monoisotopic (exact) mass is 229 g/mol. The SMILES string of the molecule is CCNC(=O)C(C)NC(=O)[C@H](N)C(C)(C)C. The molecule has 94 valence electrons. The predicted molar refractivity (Wildman–Crippen MR) is 63.7 cm³/mol. The summed E-state index contributed by atoms with van der Waals surface area (Å²) in [5, 5.41) is 5.23. The molecule has 0 radical (unpaired) electrons. The summed E-state index contributed by atoms with van der Waals surface area (Å²) in [7, 11) is 0. The Labute approximate surface area is 97.2 Å². The molecule has 0 aliphatic rings. The molecule has 0 aliphatic carbocycles. The minimum Gasteiger partial charge on any atom is -0.355 e. The summed E-state index contributed by atoms with van der Waals surface area (Å²) in [4.78, 5) is 23.1. The quantitative estimate of drug-likeness (QED) is 0.634. The largest absolute Gasteiger partial charge is 0.355 e. The number of rotatable bonds is 4. The summed E-state index contributed by atoms with van der Waals surface area (Å²) in [6.07, 6.45) is 0. The van der Waals surface area contributed by atoms with E-state index < -0.39 is 12.1 Å². The van der Waals surface area contributed by atoms with Crippen molar-refractivity contribution in [3.63, 3.8) is 0 Å². The van der Waals surface area contributed by atoms with Gasteiger partial charge in [-0.25, -0.2) is 0 Å². The topological polar surface area (TPSA) is 84.2 Å². The second kappa shape index (κ2) is 5.84. The third kappa shape index (κ3) is 4.61. The predicted octanol–water partition coefficient (Wildman–Crippen LogP) is 0.000600. The van der Waals surface area contributed by atoms with Gasteiger partial charge in [-0.15, -0.1) is 0 Å². The zero-order chi connectivity index (χ0) is 12.9. The number of hydrogen-bond acceptors (Lipinski definition) is 3. The van der Waals surface area contributed by atoms with E-state index in [4.69, 9.17) is 5.73 Å². The van der Waals surface area contributed by atoms with Crippen molar-refractivity contribution in [3.05, 3.63) is 0 Å². The lowest BCUT2D eigenvalue weighted by atomic mass is 9.87. The molecule has 2 amide bonds. The summed E-state index contributed by atoms with van der Waals surface area (Å²) >= 11 is 0. The Kier molecular flexibility index (Phi) is 5.44. The zero-order valence-corrected chi connectivity index (χ0v) is 10.8. The molecule has 0 aromatic heterocycles. The fourth-order valence-corrected chi connectivity index (χ4v) is 1.09. The molecule has 5 heteroatoms. The molecule has 0 heterocycles. The maximum absolute atomic E-state index is 11.7. The van der Waals surface area contributed by atoms with Crippen LogP contribution in [0.4, 0.5) is 0 Å². The van der Waals surface area contributed by atoms with Gasteiger partial charge in [-0.2, -0.15) is 0 Å². The molecule has 0 bridgehead atoms. The van der Waals surface area contributed by atoms with E-state index in [1.807, 2.05) is 27.7 Å². The van der Waals surface area contributed by atoms with Crippen molar-refractivity contribution >= 4 is 11.8 Å². The van der Waals surface area contributed by atoms with Crippen LogP contribution in [0.1, 0.15) is 34.6 Å². The number of hydrogen-bond donors (Lipinski definition) is 3. The molecule has 16 heavy (non-hydrogen) atoms. The van der Waals surface area contributed by atoms with E-state index in [9.17, 15) is 9.59 Å². The van der Waals surface area contributed by atoms with Gasteiger partial charge in [0, 0.05) is 6.54 Å². The molecular formula is C11H23N3O2. The second-order valence-electron chi connectivity index (χ2n) is 4.97. The molecule has 0 spiro atoms. The van der Waals surface area contributed by atoms with E-state index in [0.29, 0.717) is 6.54 Å². The maximum atomic E-state index is 11.7. The summed E-state index contributed by atoms with van der Waals surface area (Å²) < 4.78 is 0. The van der Waals surface area contributed by atoms with Crippen molar-refractivity contribution in [1.82, 2.24) is 10.6 Å². The van der Waals surface area contributed by atoms with Gasteiger partial charge in [0.05, 0.1) is 6.04 Å². The summed E-state index contributed by atoms with van der Waals surface area (Å²) in [5.41, 5.74) is 5.46. The van der Waals surface area contributed by atoms with Crippen molar-refractivity contribution in [2.45, 2.75) is 46.7 Å². The molecule has 0 aromatic rings. The minimum absolute atomic E-state index is 0.197. The molecule has 4 N–H and O–H groups in total. The Morgan fingerprint density at radius 3 is 2.12 bits per heavy atom. The van der Waals surface area contributed by atoms with Gasteiger partial charge in [0.1, 0.15) is 6.04 Å². The standard InChI is InChI=1S/C11H23N3O2/c1-6-13-9(15)7(2)14-10(16)8(12)11(3,4)5/h7-8H,6,12H2,1-5H3,(H,13,15)(H,14,16)/t7?,8-/m0/s1. The second-order valence-corrected chi connectivity index (χ2v) is 4.97. The molecule has 0 fully saturated rings. The van der Waals surface area contributed by atoms with Crippen LogP contribution < -0.4 is 16.4 Å². The molecule has 5 nitrogen and oxygen atoms in total. The highest BCUT2D eigenvalue weighted by atomic mass is 16.2. The Bertz CT molecular complexity index is 258. The number of likely N-dealkylation sites (N-methyl/N-ethyl adjacent to an activating group) is 1. The number of carbonyl (C=O) groups excluding carboxylic acids is 2. The van der Waals surface area contributed by atoms with Gasteiger partial charge < -0.3 is 16.4 Å². The van der Waals surface area contributed by atoms with Gasteiger partial charge in [-0.1, -0.05) is 20.8 Å². The van der Waals surface area contributed by atoms with Gasteiger partial charge in [0.25, 0.3) is 0 Å². The van der Waals surface area contributed by atoms with Crippen molar-refractivity contribution < 1.29 is 9.59 Å². The molecule has 2 atom stereocenters. The molecule has 0 saturated heterocycles. The van der Waals surface area contributed by atoms with Gasteiger partial charge in [-0.3, -0.25) is 9.59 Å². The fourth-order valence-electron chi connectivity index (χ4n) is 1.09. The first-order valence-corrected chi connectivity index (χ1v) is 5.53. The average Bonchev–Trinajstić information content (AvgIpc) is 2.15. The van der Waals surface area contributed by atoms with Crippen LogP contribution in [0.5, 0.6) is 0 Å². The highest BCUT2D eigenvalue weighted by molar-refractivity contribution is 5.89. The Balaban J connectivity index is 4.30. The van der Waals surface area contributed by atoms with E-state index in [-0.39, 0.29) is 17.2 Å². The highest BCUT2D eigenvalue weighted by Crippen LogP contribution is 2.17. The summed E-state index contributed by atoms with van der Waals surface area (Å²) in [6.45, 7) is 9.66. The van der Waals surface area contributed by atoms with Crippen LogP contribution in [0.3, 0.4) is 0 Å². The molecular weight excluding hydrogens is 206 g/mol. The van der Waals surface area contributed by atoms with Crippen LogP contribution >= 0.6 is 0 Å². The third-order valence-corrected chi connectivity index (χ3v) is 2.32. The zero-order valence-electron chi connectivity index (χ0n) is 10.8. The maximum Gasteiger partial charge on any atom is 0.242 e. The third-order valence-electron chi connectivity index (χ3n) is 2.32. The first-order valence-electron chi connectivity index (χ1n) is 5.53. The van der Waals surface area contributed by atoms with Crippen LogP contribution in [-0.2, 0) is 9.59 Å². The van der Waals surface area contributed by atoms with Crippen molar-refractivity contribution in [3.8, 4) is 0 Å². The van der Waals surface area contributed by atoms with Gasteiger partial charge in [0.15, 0.2) is 0 Å². The Morgan fingerprint density at radius 2 is 1.75 bits per heavy atom. The number of carbonyl (C=O) groups is 2. The molecule has 0 rings (SSSR count). The molecule has 0 aromatic carbocycles. The Morgan fingerprint density at radius 1 is 1.25 bits per heavy atom. The molecule has 0 aliphatic heterocycles. The van der Waals surface area contributed by atoms with Crippen LogP contribution in [0.15, 0.2) is 0 Å². The molecule has 0 saturated carbocycles. The minimum atomic E-state index is -0.621. The fraction of sp³-hybridized carbons (Fsp3) is 0.818. The van der Waals surface area contributed by atoms with Gasteiger partial charge >= 0.3 is 0 Å². The molecule has 1 unspecified atom stereocenters.